The van der Waals surface area contributed by atoms with Crippen molar-refractivity contribution >= 4 is 11.8 Å². The molecule has 2 N–H and O–H groups in total. The van der Waals surface area contributed by atoms with Gasteiger partial charge in [0.05, 0.1) is 0 Å². The average Bonchev–Trinajstić information content (AvgIpc) is 2.39. The van der Waals surface area contributed by atoms with Gasteiger partial charge in [0, 0.05) is 29.4 Å². The molecule has 0 radical (unpaired) electrons. The minimum Gasteiger partial charge on any atom is -0.326 e. The van der Waals surface area contributed by atoms with E-state index in [4.69, 9.17) is 5.73 Å². The number of nitrogens with two attached hydrogens (primary N) is 1. The first-order valence-corrected chi connectivity index (χ1v) is 7.10. The Hall–Kier alpha value is -1.39. The minimum absolute atomic E-state index is 0.183. The summed E-state index contributed by atoms with van der Waals surface area (Å²) in [6, 6.07) is 8.56. The fourth-order valence-corrected chi connectivity index (χ4v) is 2.32. The molecule has 19 heavy (non-hydrogen) atoms. The molecule has 0 saturated heterocycles. The van der Waals surface area contributed by atoms with Gasteiger partial charge < -0.3 is 5.73 Å². The van der Waals surface area contributed by atoms with Gasteiger partial charge in [-0.15, -0.1) is 0 Å². The van der Waals surface area contributed by atoms with Crippen LogP contribution in [0.3, 0.4) is 0 Å². The summed E-state index contributed by atoms with van der Waals surface area (Å²) < 4.78 is 0. The molecule has 1 heterocycles. The second-order valence-corrected chi connectivity index (χ2v) is 6.50. The van der Waals surface area contributed by atoms with Crippen LogP contribution in [0.1, 0.15) is 31.9 Å². The van der Waals surface area contributed by atoms with Crippen molar-refractivity contribution in [2.75, 3.05) is 0 Å². The van der Waals surface area contributed by atoms with E-state index in [9.17, 15) is 0 Å². The summed E-state index contributed by atoms with van der Waals surface area (Å²) in [5, 5.41) is 0.751. The normalized spacial score (nSPS) is 11.6. The lowest BCUT2D eigenvalue weighted by molar-refractivity contribution is 0.590. The maximum Gasteiger partial charge on any atom is 0.192 e. The molecular formula is C15H19N3S. The number of nitrogens with zero attached hydrogens (tertiary/aromatic N) is 2. The van der Waals surface area contributed by atoms with E-state index < -0.39 is 0 Å². The lowest BCUT2D eigenvalue weighted by Crippen LogP contribution is -2.10. The van der Waals surface area contributed by atoms with Crippen molar-refractivity contribution < 1.29 is 0 Å². The number of hydrogen-bond donors (Lipinski definition) is 1. The van der Waals surface area contributed by atoms with Crippen LogP contribution in [-0.2, 0) is 12.0 Å². The third kappa shape index (κ3) is 3.78. The molecule has 0 atom stereocenters. The summed E-state index contributed by atoms with van der Waals surface area (Å²) in [4.78, 5) is 9.72. The number of hydrogen-bond acceptors (Lipinski definition) is 4. The van der Waals surface area contributed by atoms with Gasteiger partial charge in [-0.1, -0.05) is 32.9 Å². The highest BCUT2D eigenvalue weighted by Gasteiger charge is 2.13. The molecule has 4 heteroatoms. The van der Waals surface area contributed by atoms with E-state index in [1.54, 1.807) is 24.2 Å². The molecular weight excluding hydrogens is 254 g/mol. The van der Waals surface area contributed by atoms with E-state index in [2.05, 4.69) is 55.0 Å². The maximum atomic E-state index is 5.52. The van der Waals surface area contributed by atoms with Crippen molar-refractivity contribution in [2.24, 2.45) is 5.73 Å². The summed E-state index contributed by atoms with van der Waals surface area (Å²) in [6.45, 7) is 7.11. The van der Waals surface area contributed by atoms with Crippen molar-refractivity contribution in [3.63, 3.8) is 0 Å². The fraction of sp³-hybridized carbons (Fsp3) is 0.333. The Morgan fingerprint density at radius 3 is 2.11 bits per heavy atom. The van der Waals surface area contributed by atoms with E-state index in [1.807, 2.05) is 0 Å². The largest absolute Gasteiger partial charge is 0.326 e. The van der Waals surface area contributed by atoms with E-state index in [1.165, 1.54) is 5.56 Å². The third-order valence-electron chi connectivity index (χ3n) is 2.85. The molecule has 2 rings (SSSR count). The molecule has 0 fully saturated rings. The van der Waals surface area contributed by atoms with Crippen molar-refractivity contribution in [1.29, 1.82) is 0 Å². The van der Waals surface area contributed by atoms with E-state index in [-0.39, 0.29) is 5.41 Å². The lowest BCUT2D eigenvalue weighted by atomic mass is 9.87. The van der Waals surface area contributed by atoms with E-state index >= 15 is 0 Å². The van der Waals surface area contributed by atoms with Crippen LogP contribution in [0.5, 0.6) is 0 Å². The monoisotopic (exact) mass is 273 g/mol. The second-order valence-electron chi connectivity index (χ2n) is 5.45. The highest BCUT2D eigenvalue weighted by molar-refractivity contribution is 7.99. The first-order chi connectivity index (χ1) is 8.99. The van der Waals surface area contributed by atoms with Crippen LogP contribution < -0.4 is 5.73 Å². The van der Waals surface area contributed by atoms with E-state index in [0.717, 1.165) is 15.6 Å². The number of rotatable bonds is 3. The highest BCUT2D eigenvalue weighted by atomic mass is 32.2. The predicted molar refractivity (Wildman–Crippen MR) is 79.2 cm³/mol. The van der Waals surface area contributed by atoms with Crippen molar-refractivity contribution in [3.8, 4) is 0 Å². The quantitative estimate of drug-likeness (QED) is 0.871. The average molecular weight is 273 g/mol. The van der Waals surface area contributed by atoms with Gasteiger partial charge in [-0.05, 0) is 34.9 Å². The molecule has 0 aliphatic rings. The first-order valence-electron chi connectivity index (χ1n) is 6.28. The molecule has 0 spiro atoms. The Balaban J connectivity index is 2.10. The first kappa shape index (κ1) is 14.0. The van der Waals surface area contributed by atoms with Gasteiger partial charge in [0.25, 0.3) is 0 Å². The molecule has 0 bridgehead atoms. The molecule has 0 unspecified atom stereocenters. The predicted octanol–water partition coefficient (Wildman–Crippen LogP) is 3.38. The molecule has 0 amide bonds. The zero-order valence-corrected chi connectivity index (χ0v) is 12.4. The number of aromatic nitrogens is 2. The third-order valence-corrected chi connectivity index (χ3v) is 3.75. The SMILES string of the molecule is CC(C)(C)c1ccc(Sc2ncc(CN)cn2)cc1. The Kier molecular flexibility index (Phi) is 4.22. The minimum atomic E-state index is 0.183. The standard InChI is InChI=1S/C15H19N3S/c1-15(2,3)12-4-6-13(7-5-12)19-14-17-9-11(8-16)10-18-14/h4-7,9-10H,8,16H2,1-3H3. The van der Waals surface area contributed by atoms with Crippen LogP contribution in [-0.4, -0.2) is 9.97 Å². The zero-order chi connectivity index (χ0) is 13.9. The Bertz CT molecular complexity index is 527. The maximum absolute atomic E-state index is 5.52. The van der Waals surface area contributed by atoms with Crippen LogP contribution in [0.4, 0.5) is 0 Å². The molecule has 0 saturated carbocycles. The number of benzene rings is 1. The molecule has 2 aromatic rings. The van der Waals surface area contributed by atoms with Gasteiger partial charge in [0.15, 0.2) is 5.16 Å². The van der Waals surface area contributed by atoms with Crippen molar-refractivity contribution in [3.05, 3.63) is 47.8 Å². The second kappa shape index (κ2) is 5.72. The Morgan fingerprint density at radius 2 is 1.63 bits per heavy atom. The smallest absolute Gasteiger partial charge is 0.192 e. The van der Waals surface area contributed by atoms with Gasteiger partial charge in [-0.2, -0.15) is 0 Å². The summed E-state index contributed by atoms with van der Waals surface area (Å²) in [5.74, 6) is 0. The van der Waals surface area contributed by atoms with Crippen LogP contribution in [0.2, 0.25) is 0 Å². The van der Waals surface area contributed by atoms with Gasteiger partial charge >= 0.3 is 0 Å². The van der Waals surface area contributed by atoms with Crippen LogP contribution in [0.15, 0.2) is 46.7 Å². The summed E-state index contributed by atoms with van der Waals surface area (Å²) >= 11 is 1.56. The van der Waals surface area contributed by atoms with Gasteiger partial charge in [0.2, 0.25) is 0 Å². The van der Waals surface area contributed by atoms with E-state index in [0.29, 0.717) is 6.54 Å². The van der Waals surface area contributed by atoms with Gasteiger partial charge in [0.1, 0.15) is 0 Å². The van der Waals surface area contributed by atoms with Crippen molar-refractivity contribution in [2.45, 2.75) is 42.8 Å². The zero-order valence-electron chi connectivity index (χ0n) is 11.6. The Labute approximate surface area is 118 Å². The molecule has 1 aromatic carbocycles. The summed E-state index contributed by atoms with van der Waals surface area (Å²) in [6.07, 6.45) is 3.55. The lowest BCUT2D eigenvalue weighted by Gasteiger charge is -2.18. The molecule has 1 aromatic heterocycles. The molecule has 100 valence electrons. The van der Waals surface area contributed by atoms with Gasteiger partial charge in [-0.3, -0.25) is 0 Å². The summed E-state index contributed by atoms with van der Waals surface area (Å²) in [7, 11) is 0. The van der Waals surface area contributed by atoms with Crippen LogP contribution in [0, 0.1) is 0 Å². The highest BCUT2D eigenvalue weighted by Crippen LogP contribution is 2.28. The van der Waals surface area contributed by atoms with Gasteiger partial charge in [-0.25, -0.2) is 9.97 Å². The fourth-order valence-electron chi connectivity index (χ4n) is 1.63. The topological polar surface area (TPSA) is 51.8 Å². The van der Waals surface area contributed by atoms with Crippen LogP contribution in [0.25, 0.3) is 0 Å². The van der Waals surface area contributed by atoms with Crippen molar-refractivity contribution in [1.82, 2.24) is 9.97 Å². The Morgan fingerprint density at radius 1 is 1.05 bits per heavy atom. The van der Waals surface area contributed by atoms with Crippen LogP contribution >= 0.6 is 11.8 Å². The molecule has 3 nitrogen and oxygen atoms in total. The molecule has 0 aliphatic carbocycles. The molecule has 0 aliphatic heterocycles. The summed E-state index contributed by atoms with van der Waals surface area (Å²) in [5.41, 5.74) is 7.99.